The fraction of sp³-hybridized carbons (Fsp3) is 1.00. The summed E-state index contributed by atoms with van der Waals surface area (Å²) in [4.78, 5) is 0. The standard InChI is InChI=1S/C9H18.C8H16O/c1-3-9(2)7-5-4-6-8-9;1-3-8(2)4-6-9-7-5-8/h3-8H2,1-2H3;3-7H2,1-2H3. The van der Waals surface area contributed by atoms with Crippen LogP contribution in [-0.4, -0.2) is 13.2 Å². The second-order valence-corrected chi connectivity index (χ2v) is 7.00. The van der Waals surface area contributed by atoms with Crippen LogP contribution in [0.4, 0.5) is 0 Å². The molecule has 0 aromatic heterocycles. The van der Waals surface area contributed by atoms with E-state index in [2.05, 4.69) is 27.7 Å². The summed E-state index contributed by atoms with van der Waals surface area (Å²) >= 11 is 0. The van der Waals surface area contributed by atoms with Gasteiger partial charge in [0.2, 0.25) is 0 Å². The zero-order valence-electron chi connectivity index (χ0n) is 13.2. The Kier molecular flexibility index (Phi) is 6.70. The lowest BCUT2D eigenvalue weighted by atomic mass is 9.74. The van der Waals surface area contributed by atoms with E-state index < -0.39 is 0 Å². The second kappa shape index (κ2) is 7.53. The molecule has 0 atom stereocenters. The van der Waals surface area contributed by atoms with Crippen LogP contribution >= 0.6 is 0 Å². The van der Waals surface area contributed by atoms with E-state index in [1.165, 1.54) is 57.8 Å². The van der Waals surface area contributed by atoms with Crippen molar-refractivity contribution >= 4 is 0 Å². The molecule has 0 bridgehead atoms. The molecule has 1 heteroatoms. The summed E-state index contributed by atoms with van der Waals surface area (Å²) in [6, 6.07) is 0. The Morgan fingerprint density at radius 3 is 1.50 bits per heavy atom. The maximum Gasteiger partial charge on any atom is 0.0471 e. The van der Waals surface area contributed by atoms with Gasteiger partial charge in [-0.05, 0) is 36.5 Å². The van der Waals surface area contributed by atoms with Gasteiger partial charge in [0, 0.05) is 13.2 Å². The van der Waals surface area contributed by atoms with E-state index in [4.69, 9.17) is 4.74 Å². The molecule has 108 valence electrons. The van der Waals surface area contributed by atoms with E-state index in [9.17, 15) is 0 Å². The Labute approximate surface area is 115 Å². The summed E-state index contributed by atoms with van der Waals surface area (Å²) in [6.45, 7) is 11.3. The topological polar surface area (TPSA) is 9.23 Å². The van der Waals surface area contributed by atoms with Crippen LogP contribution in [0.25, 0.3) is 0 Å². The fourth-order valence-corrected chi connectivity index (χ4v) is 2.98. The van der Waals surface area contributed by atoms with Crippen molar-refractivity contribution < 1.29 is 4.74 Å². The molecule has 0 aromatic carbocycles. The molecular weight excluding hydrogens is 220 g/mol. The summed E-state index contributed by atoms with van der Waals surface area (Å²) in [5.41, 5.74) is 1.32. The molecule has 2 rings (SSSR count). The highest BCUT2D eigenvalue weighted by molar-refractivity contribution is 4.76. The zero-order chi connectivity index (χ0) is 13.5. The minimum absolute atomic E-state index is 0.595. The van der Waals surface area contributed by atoms with Gasteiger partial charge in [0.1, 0.15) is 0 Å². The molecule has 0 spiro atoms. The molecule has 1 nitrogen and oxygen atoms in total. The summed E-state index contributed by atoms with van der Waals surface area (Å²) in [5, 5.41) is 0. The van der Waals surface area contributed by atoms with Crippen LogP contribution < -0.4 is 0 Å². The van der Waals surface area contributed by atoms with Crippen molar-refractivity contribution in [2.75, 3.05) is 13.2 Å². The molecule has 2 fully saturated rings. The Bertz CT molecular complexity index is 186. The summed E-state index contributed by atoms with van der Waals surface area (Å²) in [7, 11) is 0. The van der Waals surface area contributed by atoms with Gasteiger partial charge < -0.3 is 4.74 Å². The van der Waals surface area contributed by atoms with Crippen molar-refractivity contribution in [1.82, 2.24) is 0 Å². The van der Waals surface area contributed by atoms with Crippen LogP contribution in [0.3, 0.4) is 0 Å². The molecule has 1 saturated carbocycles. The molecule has 1 heterocycles. The summed E-state index contributed by atoms with van der Waals surface area (Å²) in [6.07, 6.45) is 12.6. The van der Waals surface area contributed by atoms with Gasteiger partial charge >= 0.3 is 0 Å². The first-order valence-corrected chi connectivity index (χ1v) is 8.11. The van der Waals surface area contributed by atoms with Gasteiger partial charge in [0.05, 0.1) is 0 Å². The lowest BCUT2D eigenvalue weighted by Crippen LogP contribution is -2.25. The highest BCUT2D eigenvalue weighted by Gasteiger charge is 2.24. The van der Waals surface area contributed by atoms with E-state index in [0.29, 0.717) is 5.41 Å². The maximum atomic E-state index is 5.27. The Morgan fingerprint density at radius 2 is 1.17 bits per heavy atom. The molecule has 0 aromatic rings. The monoisotopic (exact) mass is 254 g/mol. The third kappa shape index (κ3) is 5.30. The molecule has 1 saturated heterocycles. The molecule has 0 N–H and O–H groups in total. The zero-order valence-corrected chi connectivity index (χ0v) is 13.2. The summed E-state index contributed by atoms with van der Waals surface area (Å²) in [5.74, 6) is 0. The highest BCUT2D eigenvalue weighted by Crippen LogP contribution is 2.38. The van der Waals surface area contributed by atoms with E-state index in [1.54, 1.807) is 0 Å². The highest BCUT2D eigenvalue weighted by atomic mass is 16.5. The van der Waals surface area contributed by atoms with Gasteiger partial charge in [-0.2, -0.15) is 0 Å². The van der Waals surface area contributed by atoms with Gasteiger partial charge in [0.25, 0.3) is 0 Å². The van der Waals surface area contributed by atoms with Crippen molar-refractivity contribution in [3.8, 4) is 0 Å². The average Bonchev–Trinajstić information content (AvgIpc) is 2.41. The fourth-order valence-electron chi connectivity index (χ4n) is 2.98. The first-order valence-electron chi connectivity index (χ1n) is 8.11. The third-order valence-electron chi connectivity index (χ3n) is 5.47. The summed E-state index contributed by atoms with van der Waals surface area (Å²) < 4.78 is 5.27. The minimum Gasteiger partial charge on any atom is -0.381 e. The predicted octanol–water partition coefficient (Wildman–Crippen LogP) is 5.58. The van der Waals surface area contributed by atoms with Gasteiger partial charge in [-0.3, -0.25) is 0 Å². The van der Waals surface area contributed by atoms with Crippen LogP contribution in [-0.2, 0) is 4.74 Å². The van der Waals surface area contributed by atoms with Gasteiger partial charge in [0.15, 0.2) is 0 Å². The number of rotatable bonds is 2. The van der Waals surface area contributed by atoms with Crippen molar-refractivity contribution in [1.29, 1.82) is 0 Å². The molecule has 2 aliphatic rings. The SMILES string of the molecule is CCC1(C)CCCCC1.CCC1(C)CCOCC1. The predicted molar refractivity (Wildman–Crippen MR) is 79.9 cm³/mol. The first kappa shape index (κ1) is 16.0. The maximum absolute atomic E-state index is 5.27. The normalized spacial score (nSPS) is 26.0. The average molecular weight is 254 g/mol. The van der Waals surface area contributed by atoms with E-state index in [-0.39, 0.29) is 0 Å². The van der Waals surface area contributed by atoms with Gasteiger partial charge in [-0.1, -0.05) is 59.8 Å². The minimum atomic E-state index is 0.595. The first-order chi connectivity index (χ1) is 8.54. The van der Waals surface area contributed by atoms with E-state index >= 15 is 0 Å². The third-order valence-corrected chi connectivity index (χ3v) is 5.47. The van der Waals surface area contributed by atoms with Crippen LogP contribution in [0.5, 0.6) is 0 Å². The lowest BCUT2D eigenvalue weighted by Gasteiger charge is -2.32. The molecule has 0 unspecified atom stereocenters. The van der Waals surface area contributed by atoms with Gasteiger partial charge in [-0.15, -0.1) is 0 Å². The quantitative estimate of drug-likeness (QED) is 0.625. The Morgan fingerprint density at radius 1 is 0.722 bits per heavy atom. The molecule has 1 aliphatic carbocycles. The lowest BCUT2D eigenvalue weighted by molar-refractivity contribution is 0.0221. The van der Waals surface area contributed by atoms with Crippen LogP contribution in [0, 0.1) is 10.8 Å². The van der Waals surface area contributed by atoms with E-state index in [0.717, 1.165) is 18.6 Å². The van der Waals surface area contributed by atoms with Crippen LogP contribution in [0.2, 0.25) is 0 Å². The van der Waals surface area contributed by atoms with Crippen molar-refractivity contribution in [2.45, 2.75) is 85.5 Å². The van der Waals surface area contributed by atoms with Crippen LogP contribution in [0.15, 0.2) is 0 Å². The molecule has 1 aliphatic heterocycles. The van der Waals surface area contributed by atoms with Crippen molar-refractivity contribution in [2.24, 2.45) is 10.8 Å². The van der Waals surface area contributed by atoms with Crippen molar-refractivity contribution in [3.63, 3.8) is 0 Å². The van der Waals surface area contributed by atoms with Crippen LogP contribution in [0.1, 0.15) is 85.5 Å². The molecule has 0 amide bonds. The number of hydrogen-bond acceptors (Lipinski definition) is 1. The van der Waals surface area contributed by atoms with E-state index in [1.807, 2.05) is 0 Å². The largest absolute Gasteiger partial charge is 0.381 e. The number of ether oxygens (including phenoxy) is 1. The second-order valence-electron chi connectivity index (χ2n) is 7.00. The molecular formula is C17H34O. The van der Waals surface area contributed by atoms with Gasteiger partial charge in [-0.25, -0.2) is 0 Å². The molecule has 18 heavy (non-hydrogen) atoms. The van der Waals surface area contributed by atoms with Crippen molar-refractivity contribution in [3.05, 3.63) is 0 Å². The smallest absolute Gasteiger partial charge is 0.0471 e. The number of hydrogen-bond donors (Lipinski definition) is 0. The Hall–Kier alpha value is -0.0400. The Balaban J connectivity index is 0.000000180. The molecule has 0 radical (unpaired) electrons.